The van der Waals surface area contributed by atoms with Gasteiger partial charge in [0.05, 0.1) is 0 Å². The summed E-state index contributed by atoms with van der Waals surface area (Å²) in [7, 11) is 2.05. The zero-order valence-corrected chi connectivity index (χ0v) is 10.2. The third kappa shape index (κ3) is 2.63. The van der Waals surface area contributed by atoms with E-state index in [1.165, 1.54) is 0 Å². The molecule has 0 saturated heterocycles. The Morgan fingerprint density at radius 3 is 2.41 bits per heavy atom. The van der Waals surface area contributed by atoms with Gasteiger partial charge in [-0.25, -0.2) is 0 Å². The molecule has 0 bridgehead atoms. The molecule has 0 amide bonds. The van der Waals surface area contributed by atoms with Gasteiger partial charge in [0.15, 0.2) is 0 Å². The zero-order valence-electron chi connectivity index (χ0n) is 10.2. The lowest BCUT2D eigenvalue weighted by Gasteiger charge is -2.19. The molecule has 17 heavy (non-hydrogen) atoms. The Labute approximate surface area is 102 Å². The molecule has 1 aromatic carbocycles. The predicted molar refractivity (Wildman–Crippen MR) is 71.4 cm³/mol. The summed E-state index contributed by atoms with van der Waals surface area (Å²) >= 11 is 0. The minimum atomic E-state index is 0.582. The van der Waals surface area contributed by atoms with Gasteiger partial charge >= 0.3 is 0 Å². The molecule has 0 saturated carbocycles. The lowest BCUT2D eigenvalue weighted by molar-refractivity contribution is 1.07. The Morgan fingerprint density at radius 1 is 1.12 bits per heavy atom. The van der Waals surface area contributed by atoms with Crippen LogP contribution < -0.4 is 10.6 Å². The minimum Gasteiger partial charge on any atom is -0.345 e. The van der Waals surface area contributed by atoms with Crippen LogP contribution in [-0.4, -0.2) is 12.0 Å². The molecule has 0 aliphatic heterocycles. The predicted octanol–water partition coefficient (Wildman–Crippen LogP) is 2.62. The van der Waals surface area contributed by atoms with Crippen LogP contribution in [0.5, 0.6) is 0 Å². The summed E-state index contributed by atoms with van der Waals surface area (Å²) < 4.78 is 0. The standard InChI is InChI=1S/C14H17N3/c1-11-9-14(7-8-16-11)17(2)13-5-3-12(10-15)4-6-13/h3-9H,10,15H2,1-2H3. The van der Waals surface area contributed by atoms with E-state index in [1.54, 1.807) is 0 Å². The molecule has 0 radical (unpaired) electrons. The quantitative estimate of drug-likeness (QED) is 0.876. The van der Waals surface area contributed by atoms with Crippen LogP contribution in [0, 0.1) is 6.92 Å². The molecule has 0 spiro atoms. The van der Waals surface area contributed by atoms with E-state index < -0.39 is 0 Å². The molecule has 2 N–H and O–H groups in total. The zero-order chi connectivity index (χ0) is 12.3. The first kappa shape index (κ1) is 11.6. The van der Waals surface area contributed by atoms with Crippen LogP contribution in [0.1, 0.15) is 11.3 Å². The van der Waals surface area contributed by atoms with Gasteiger partial charge in [-0.1, -0.05) is 12.1 Å². The van der Waals surface area contributed by atoms with Crippen molar-refractivity contribution in [3.8, 4) is 0 Å². The van der Waals surface area contributed by atoms with Crippen molar-refractivity contribution in [1.29, 1.82) is 0 Å². The van der Waals surface area contributed by atoms with Crippen molar-refractivity contribution in [1.82, 2.24) is 4.98 Å². The third-order valence-corrected chi connectivity index (χ3v) is 2.83. The topological polar surface area (TPSA) is 42.1 Å². The number of hydrogen-bond acceptors (Lipinski definition) is 3. The number of nitrogens with two attached hydrogens (primary N) is 1. The average Bonchev–Trinajstić information content (AvgIpc) is 2.38. The van der Waals surface area contributed by atoms with Gasteiger partial charge < -0.3 is 10.6 Å². The molecule has 0 aliphatic rings. The van der Waals surface area contributed by atoms with Gasteiger partial charge in [-0.05, 0) is 36.8 Å². The van der Waals surface area contributed by atoms with Gasteiger partial charge in [-0.3, -0.25) is 4.98 Å². The Hall–Kier alpha value is -1.87. The summed E-state index contributed by atoms with van der Waals surface area (Å²) in [6.45, 7) is 2.58. The molecular formula is C14H17N3. The molecule has 1 aromatic heterocycles. The number of aryl methyl sites for hydroxylation is 1. The van der Waals surface area contributed by atoms with E-state index in [-0.39, 0.29) is 0 Å². The molecule has 2 aromatic rings. The molecule has 88 valence electrons. The van der Waals surface area contributed by atoms with E-state index in [4.69, 9.17) is 5.73 Å². The molecule has 3 heteroatoms. The van der Waals surface area contributed by atoms with Crippen molar-refractivity contribution < 1.29 is 0 Å². The van der Waals surface area contributed by atoms with E-state index >= 15 is 0 Å². The van der Waals surface area contributed by atoms with Crippen molar-refractivity contribution in [2.24, 2.45) is 5.73 Å². The number of aromatic nitrogens is 1. The summed E-state index contributed by atoms with van der Waals surface area (Å²) in [6.07, 6.45) is 1.83. The van der Waals surface area contributed by atoms with Crippen LogP contribution in [0.15, 0.2) is 42.6 Å². The summed E-state index contributed by atoms with van der Waals surface area (Å²) in [6, 6.07) is 12.3. The summed E-state index contributed by atoms with van der Waals surface area (Å²) in [5.41, 5.74) is 10.0. The number of benzene rings is 1. The summed E-state index contributed by atoms with van der Waals surface area (Å²) in [5, 5.41) is 0. The van der Waals surface area contributed by atoms with Gasteiger partial charge in [0.1, 0.15) is 0 Å². The fraction of sp³-hybridized carbons (Fsp3) is 0.214. The van der Waals surface area contributed by atoms with Crippen molar-refractivity contribution in [2.75, 3.05) is 11.9 Å². The molecule has 0 aliphatic carbocycles. The lowest BCUT2D eigenvalue weighted by Crippen LogP contribution is -2.10. The molecule has 1 heterocycles. The van der Waals surface area contributed by atoms with Gasteiger partial charge in [-0.2, -0.15) is 0 Å². The van der Waals surface area contributed by atoms with Crippen molar-refractivity contribution in [3.05, 3.63) is 53.9 Å². The number of hydrogen-bond donors (Lipinski definition) is 1. The molecule has 3 nitrogen and oxygen atoms in total. The van der Waals surface area contributed by atoms with Gasteiger partial charge in [-0.15, -0.1) is 0 Å². The lowest BCUT2D eigenvalue weighted by atomic mass is 10.2. The second-order valence-corrected chi connectivity index (χ2v) is 4.09. The van der Waals surface area contributed by atoms with Crippen LogP contribution in [0.4, 0.5) is 11.4 Å². The maximum atomic E-state index is 5.59. The normalized spacial score (nSPS) is 10.3. The average molecular weight is 227 g/mol. The summed E-state index contributed by atoms with van der Waals surface area (Å²) in [5.74, 6) is 0. The maximum absolute atomic E-state index is 5.59. The molecule has 0 fully saturated rings. The van der Waals surface area contributed by atoms with E-state index in [0.29, 0.717) is 6.54 Å². The van der Waals surface area contributed by atoms with Crippen LogP contribution in [0.2, 0.25) is 0 Å². The Morgan fingerprint density at radius 2 is 1.82 bits per heavy atom. The SMILES string of the molecule is Cc1cc(N(C)c2ccc(CN)cc2)ccn1. The maximum Gasteiger partial charge on any atom is 0.0441 e. The molecule has 0 atom stereocenters. The van der Waals surface area contributed by atoms with Crippen molar-refractivity contribution in [3.63, 3.8) is 0 Å². The Kier molecular flexibility index (Phi) is 3.40. The van der Waals surface area contributed by atoms with E-state index in [9.17, 15) is 0 Å². The first-order chi connectivity index (χ1) is 8.20. The molecule has 2 rings (SSSR count). The second kappa shape index (κ2) is 4.97. The Balaban J connectivity index is 2.27. The first-order valence-electron chi connectivity index (χ1n) is 5.66. The number of pyridine rings is 1. The van der Waals surface area contributed by atoms with E-state index in [2.05, 4.69) is 40.2 Å². The van der Waals surface area contributed by atoms with Crippen LogP contribution in [-0.2, 0) is 6.54 Å². The minimum absolute atomic E-state index is 0.582. The number of nitrogens with zero attached hydrogens (tertiary/aromatic N) is 2. The molecular weight excluding hydrogens is 210 g/mol. The van der Waals surface area contributed by atoms with Gasteiger partial charge in [0.2, 0.25) is 0 Å². The highest BCUT2D eigenvalue weighted by molar-refractivity contribution is 5.62. The van der Waals surface area contributed by atoms with Crippen LogP contribution in [0.3, 0.4) is 0 Å². The number of rotatable bonds is 3. The van der Waals surface area contributed by atoms with Crippen molar-refractivity contribution >= 4 is 11.4 Å². The summed E-state index contributed by atoms with van der Waals surface area (Å²) in [4.78, 5) is 6.33. The fourth-order valence-corrected chi connectivity index (χ4v) is 1.74. The van der Waals surface area contributed by atoms with E-state index in [0.717, 1.165) is 22.6 Å². The van der Waals surface area contributed by atoms with E-state index in [1.807, 2.05) is 26.2 Å². The molecule has 0 unspecified atom stereocenters. The highest BCUT2D eigenvalue weighted by Crippen LogP contribution is 2.23. The largest absolute Gasteiger partial charge is 0.345 e. The Bertz CT molecular complexity index is 491. The monoisotopic (exact) mass is 227 g/mol. The van der Waals surface area contributed by atoms with Crippen LogP contribution in [0.25, 0.3) is 0 Å². The first-order valence-corrected chi connectivity index (χ1v) is 5.66. The highest BCUT2D eigenvalue weighted by atomic mass is 15.1. The number of anilines is 2. The van der Waals surface area contributed by atoms with Gasteiger partial charge in [0.25, 0.3) is 0 Å². The fourth-order valence-electron chi connectivity index (χ4n) is 1.74. The second-order valence-electron chi connectivity index (χ2n) is 4.09. The van der Waals surface area contributed by atoms with Crippen molar-refractivity contribution in [2.45, 2.75) is 13.5 Å². The highest BCUT2D eigenvalue weighted by Gasteiger charge is 2.03. The smallest absolute Gasteiger partial charge is 0.0441 e. The third-order valence-electron chi connectivity index (χ3n) is 2.83. The van der Waals surface area contributed by atoms with Crippen LogP contribution >= 0.6 is 0 Å². The van der Waals surface area contributed by atoms with Gasteiger partial charge in [0, 0.05) is 36.9 Å².